The average molecular weight is 226 g/mol. The van der Waals surface area contributed by atoms with Crippen LogP contribution in [0.3, 0.4) is 0 Å². The summed E-state index contributed by atoms with van der Waals surface area (Å²) in [5.74, 6) is 0.722. The van der Waals surface area contributed by atoms with Gasteiger partial charge in [0.1, 0.15) is 0 Å². The minimum atomic E-state index is 0.442. The maximum absolute atomic E-state index is 5.59. The number of piperidine rings is 1. The Morgan fingerprint density at radius 3 is 2.94 bits per heavy atom. The van der Waals surface area contributed by atoms with E-state index in [2.05, 4.69) is 17.1 Å². The highest BCUT2D eigenvalue weighted by Gasteiger charge is 2.30. The molecule has 0 aromatic heterocycles. The van der Waals surface area contributed by atoms with Gasteiger partial charge in [-0.25, -0.2) is 0 Å². The molecule has 3 heteroatoms. The van der Waals surface area contributed by atoms with Gasteiger partial charge in [-0.1, -0.05) is 13.3 Å². The third-order valence-electron chi connectivity index (χ3n) is 4.26. The van der Waals surface area contributed by atoms with Gasteiger partial charge in [-0.3, -0.25) is 4.90 Å². The molecule has 0 amide bonds. The molecule has 3 unspecified atom stereocenters. The smallest absolute Gasteiger partial charge is 0.0724 e. The number of nitrogens with one attached hydrogen (secondary N) is 1. The SMILES string of the molecule is COC1CN(C2CCCCNC2)CCC1C. The first kappa shape index (κ1) is 12.3. The second-order valence-corrected chi connectivity index (χ2v) is 5.39. The molecule has 0 aromatic rings. The van der Waals surface area contributed by atoms with E-state index in [1.54, 1.807) is 0 Å². The van der Waals surface area contributed by atoms with Crippen LogP contribution in [0, 0.1) is 5.92 Å². The van der Waals surface area contributed by atoms with Crippen molar-refractivity contribution in [2.24, 2.45) is 5.92 Å². The minimum Gasteiger partial charge on any atom is -0.380 e. The van der Waals surface area contributed by atoms with Crippen molar-refractivity contribution in [3.63, 3.8) is 0 Å². The molecule has 0 spiro atoms. The van der Waals surface area contributed by atoms with E-state index in [1.165, 1.54) is 45.3 Å². The Kier molecular flexibility index (Phi) is 4.62. The van der Waals surface area contributed by atoms with Crippen molar-refractivity contribution in [1.29, 1.82) is 0 Å². The van der Waals surface area contributed by atoms with Crippen LogP contribution in [0.1, 0.15) is 32.6 Å². The topological polar surface area (TPSA) is 24.5 Å². The number of hydrogen-bond donors (Lipinski definition) is 1. The van der Waals surface area contributed by atoms with Gasteiger partial charge in [0.15, 0.2) is 0 Å². The number of likely N-dealkylation sites (tertiary alicyclic amines) is 1. The van der Waals surface area contributed by atoms with Crippen molar-refractivity contribution in [2.45, 2.75) is 44.8 Å². The highest BCUT2D eigenvalue weighted by molar-refractivity contribution is 4.85. The minimum absolute atomic E-state index is 0.442. The van der Waals surface area contributed by atoms with Gasteiger partial charge in [-0.2, -0.15) is 0 Å². The summed E-state index contributed by atoms with van der Waals surface area (Å²) in [5.41, 5.74) is 0. The Labute approximate surface area is 99.5 Å². The van der Waals surface area contributed by atoms with E-state index in [1.807, 2.05) is 7.11 Å². The van der Waals surface area contributed by atoms with Gasteiger partial charge >= 0.3 is 0 Å². The lowest BCUT2D eigenvalue weighted by Crippen LogP contribution is -2.50. The van der Waals surface area contributed by atoms with E-state index in [0.29, 0.717) is 6.10 Å². The second-order valence-electron chi connectivity index (χ2n) is 5.39. The third kappa shape index (κ3) is 2.96. The summed E-state index contributed by atoms with van der Waals surface area (Å²) < 4.78 is 5.59. The van der Waals surface area contributed by atoms with Crippen LogP contribution in [0.15, 0.2) is 0 Å². The predicted octanol–water partition coefficient (Wildman–Crippen LogP) is 1.49. The van der Waals surface area contributed by atoms with Crippen LogP contribution in [-0.4, -0.2) is 50.3 Å². The Morgan fingerprint density at radius 1 is 1.25 bits per heavy atom. The molecule has 2 saturated heterocycles. The quantitative estimate of drug-likeness (QED) is 0.772. The molecule has 94 valence electrons. The first-order valence-electron chi connectivity index (χ1n) is 6.79. The third-order valence-corrected chi connectivity index (χ3v) is 4.26. The standard InChI is InChI=1S/C13H26N2O/c1-11-6-8-15(10-13(11)16-2)12-5-3-4-7-14-9-12/h11-14H,3-10H2,1-2H3. The zero-order chi connectivity index (χ0) is 11.4. The molecular formula is C13H26N2O. The van der Waals surface area contributed by atoms with E-state index in [9.17, 15) is 0 Å². The van der Waals surface area contributed by atoms with Gasteiger partial charge in [-0.15, -0.1) is 0 Å². The lowest BCUT2D eigenvalue weighted by atomic mass is 9.94. The van der Waals surface area contributed by atoms with E-state index >= 15 is 0 Å². The van der Waals surface area contributed by atoms with Crippen LogP contribution >= 0.6 is 0 Å². The number of hydrogen-bond acceptors (Lipinski definition) is 3. The fourth-order valence-electron chi connectivity index (χ4n) is 3.01. The summed E-state index contributed by atoms with van der Waals surface area (Å²) in [6, 6.07) is 0.743. The Morgan fingerprint density at radius 2 is 2.12 bits per heavy atom. The van der Waals surface area contributed by atoms with Crippen molar-refractivity contribution in [1.82, 2.24) is 10.2 Å². The molecule has 0 saturated carbocycles. The van der Waals surface area contributed by atoms with Crippen molar-refractivity contribution in [2.75, 3.05) is 33.3 Å². The normalized spacial score (nSPS) is 38.2. The van der Waals surface area contributed by atoms with E-state index in [0.717, 1.165) is 18.5 Å². The highest BCUT2D eigenvalue weighted by atomic mass is 16.5. The van der Waals surface area contributed by atoms with Crippen LogP contribution in [0.5, 0.6) is 0 Å². The Hall–Kier alpha value is -0.120. The zero-order valence-electron chi connectivity index (χ0n) is 10.7. The average Bonchev–Trinajstić information content (AvgIpc) is 2.58. The van der Waals surface area contributed by atoms with Crippen molar-refractivity contribution in [3.8, 4) is 0 Å². The second kappa shape index (κ2) is 5.99. The number of nitrogens with zero attached hydrogens (tertiary/aromatic N) is 1. The monoisotopic (exact) mass is 226 g/mol. The molecule has 2 heterocycles. The Bertz CT molecular complexity index is 202. The summed E-state index contributed by atoms with van der Waals surface area (Å²) >= 11 is 0. The summed E-state index contributed by atoms with van der Waals surface area (Å²) in [7, 11) is 1.86. The predicted molar refractivity (Wildman–Crippen MR) is 66.7 cm³/mol. The van der Waals surface area contributed by atoms with Gasteiger partial charge in [0.2, 0.25) is 0 Å². The van der Waals surface area contributed by atoms with Crippen LogP contribution in [0.25, 0.3) is 0 Å². The molecule has 2 rings (SSSR count). The zero-order valence-corrected chi connectivity index (χ0v) is 10.7. The molecular weight excluding hydrogens is 200 g/mol. The fraction of sp³-hybridized carbons (Fsp3) is 1.00. The summed E-state index contributed by atoms with van der Waals surface area (Å²) in [6.45, 7) is 7.08. The van der Waals surface area contributed by atoms with Gasteiger partial charge in [-0.05, 0) is 38.3 Å². The molecule has 1 N–H and O–H groups in total. The van der Waals surface area contributed by atoms with Gasteiger partial charge in [0, 0.05) is 26.2 Å². The summed E-state index contributed by atoms with van der Waals surface area (Å²) in [5, 5.41) is 3.56. The van der Waals surface area contributed by atoms with Crippen LogP contribution in [0.4, 0.5) is 0 Å². The van der Waals surface area contributed by atoms with E-state index < -0.39 is 0 Å². The fourth-order valence-corrected chi connectivity index (χ4v) is 3.01. The lowest BCUT2D eigenvalue weighted by Gasteiger charge is -2.40. The van der Waals surface area contributed by atoms with E-state index in [-0.39, 0.29) is 0 Å². The van der Waals surface area contributed by atoms with Crippen molar-refractivity contribution < 1.29 is 4.74 Å². The summed E-state index contributed by atoms with van der Waals surface area (Å²) in [4.78, 5) is 2.65. The van der Waals surface area contributed by atoms with Gasteiger partial charge in [0.05, 0.1) is 6.10 Å². The number of rotatable bonds is 2. The highest BCUT2D eigenvalue weighted by Crippen LogP contribution is 2.23. The van der Waals surface area contributed by atoms with Crippen LogP contribution in [0.2, 0.25) is 0 Å². The molecule has 3 nitrogen and oxygen atoms in total. The first-order chi connectivity index (χ1) is 7.81. The molecule has 0 aromatic carbocycles. The molecule has 0 radical (unpaired) electrons. The molecule has 16 heavy (non-hydrogen) atoms. The first-order valence-corrected chi connectivity index (χ1v) is 6.79. The molecule has 2 fully saturated rings. The van der Waals surface area contributed by atoms with Crippen molar-refractivity contribution in [3.05, 3.63) is 0 Å². The maximum atomic E-state index is 5.59. The van der Waals surface area contributed by atoms with Gasteiger partial charge in [0.25, 0.3) is 0 Å². The lowest BCUT2D eigenvalue weighted by molar-refractivity contribution is -0.0194. The number of ether oxygens (including phenoxy) is 1. The summed E-state index contributed by atoms with van der Waals surface area (Å²) in [6.07, 6.45) is 5.81. The van der Waals surface area contributed by atoms with Crippen LogP contribution in [-0.2, 0) is 4.74 Å². The number of methoxy groups -OCH3 is 1. The van der Waals surface area contributed by atoms with Crippen molar-refractivity contribution >= 4 is 0 Å². The van der Waals surface area contributed by atoms with Crippen LogP contribution < -0.4 is 5.32 Å². The molecule has 3 atom stereocenters. The molecule has 2 aliphatic heterocycles. The largest absolute Gasteiger partial charge is 0.380 e. The maximum Gasteiger partial charge on any atom is 0.0724 e. The Balaban J connectivity index is 1.88. The molecule has 0 bridgehead atoms. The molecule has 2 aliphatic rings. The van der Waals surface area contributed by atoms with Gasteiger partial charge < -0.3 is 10.1 Å². The van der Waals surface area contributed by atoms with E-state index in [4.69, 9.17) is 4.74 Å². The molecule has 0 aliphatic carbocycles.